The first-order chi connectivity index (χ1) is 7.32. The Morgan fingerprint density at radius 2 is 1.94 bits per heavy atom. The summed E-state index contributed by atoms with van der Waals surface area (Å²) in [7, 11) is 0. The zero-order valence-electron chi connectivity index (χ0n) is 10.1. The molecular weight excluding hydrogens is 206 g/mol. The third-order valence-corrected chi connectivity index (χ3v) is 2.21. The fraction of sp³-hybridized carbons (Fsp3) is 0.545. The van der Waals surface area contributed by atoms with Crippen LogP contribution in [0.15, 0.2) is 12.4 Å². The van der Waals surface area contributed by atoms with E-state index in [0.29, 0.717) is 5.82 Å². The second kappa shape index (κ2) is 4.47. The topological polar surface area (TPSA) is 66.3 Å². The Balaban J connectivity index is 3.12. The number of carboxylic acids is 1. The lowest BCUT2D eigenvalue weighted by Gasteiger charge is -2.35. The first-order valence-electron chi connectivity index (χ1n) is 5.09. The summed E-state index contributed by atoms with van der Waals surface area (Å²) in [5.74, 6) is -0.252. The molecule has 0 atom stereocenters. The van der Waals surface area contributed by atoms with Crippen molar-refractivity contribution in [2.45, 2.75) is 33.2 Å². The molecule has 0 aliphatic heterocycles. The van der Waals surface area contributed by atoms with Gasteiger partial charge in [0.05, 0.1) is 5.69 Å². The van der Waals surface area contributed by atoms with Crippen molar-refractivity contribution in [3.8, 4) is 0 Å². The van der Waals surface area contributed by atoms with Crippen LogP contribution in [0.2, 0.25) is 0 Å². The molecule has 0 spiro atoms. The van der Waals surface area contributed by atoms with E-state index in [1.807, 2.05) is 27.7 Å². The average molecular weight is 223 g/mol. The first-order valence-corrected chi connectivity index (χ1v) is 5.09. The highest BCUT2D eigenvalue weighted by Crippen LogP contribution is 2.22. The van der Waals surface area contributed by atoms with Crippen molar-refractivity contribution < 1.29 is 9.90 Å². The molecule has 1 aromatic rings. The molecule has 0 aliphatic carbocycles. The van der Waals surface area contributed by atoms with E-state index in [-0.39, 0.29) is 12.1 Å². The minimum absolute atomic E-state index is 0.0803. The number of rotatable bonds is 3. The molecule has 0 aromatic carbocycles. The summed E-state index contributed by atoms with van der Waals surface area (Å²) in [4.78, 5) is 20.9. The zero-order valence-corrected chi connectivity index (χ0v) is 10.1. The number of hydrogen-bond donors (Lipinski definition) is 1. The molecular formula is C11H17N3O2. The van der Waals surface area contributed by atoms with Gasteiger partial charge in [0.25, 0.3) is 0 Å². The lowest BCUT2D eigenvalue weighted by Crippen LogP contribution is -2.45. The van der Waals surface area contributed by atoms with Gasteiger partial charge in [-0.3, -0.25) is 9.78 Å². The van der Waals surface area contributed by atoms with Gasteiger partial charge in [-0.05, 0) is 27.7 Å². The molecule has 1 aromatic heterocycles. The third-order valence-electron chi connectivity index (χ3n) is 2.21. The van der Waals surface area contributed by atoms with Crippen LogP contribution in [0.3, 0.4) is 0 Å². The number of aromatic nitrogens is 2. The van der Waals surface area contributed by atoms with Crippen molar-refractivity contribution in [2.24, 2.45) is 0 Å². The van der Waals surface area contributed by atoms with Gasteiger partial charge in [0.2, 0.25) is 0 Å². The van der Waals surface area contributed by atoms with E-state index in [1.54, 1.807) is 17.3 Å². The van der Waals surface area contributed by atoms with Gasteiger partial charge in [-0.2, -0.15) is 0 Å². The molecule has 1 N–H and O–H groups in total. The maximum Gasteiger partial charge on any atom is 0.323 e. The molecule has 0 fully saturated rings. The number of nitrogens with zero attached hydrogens (tertiary/aromatic N) is 3. The summed E-state index contributed by atoms with van der Waals surface area (Å²) in [6.45, 7) is 7.59. The second-order valence-corrected chi connectivity index (χ2v) is 4.62. The molecule has 0 aliphatic rings. The van der Waals surface area contributed by atoms with E-state index in [2.05, 4.69) is 9.97 Å². The van der Waals surface area contributed by atoms with Crippen molar-refractivity contribution in [2.75, 3.05) is 11.4 Å². The highest BCUT2D eigenvalue weighted by Gasteiger charge is 2.26. The van der Waals surface area contributed by atoms with E-state index < -0.39 is 5.97 Å². The van der Waals surface area contributed by atoms with Crippen LogP contribution < -0.4 is 4.90 Å². The van der Waals surface area contributed by atoms with Crippen LogP contribution in [-0.4, -0.2) is 33.1 Å². The second-order valence-electron chi connectivity index (χ2n) is 4.62. The van der Waals surface area contributed by atoms with E-state index in [0.717, 1.165) is 5.69 Å². The van der Waals surface area contributed by atoms with Crippen molar-refractivity contribution in [3.05, 3.63) is 18.1 Å². The molecule has 5 nitrogen and oxygen atoms in total. The Morgan fingerprint density at radius 1 is 1.38 bits per heavy atom. The molecule has 0 bridgehead atoms. The maximum atomic E-state index is 10.9. The molecule has 1 heterocycles. The van der Waals surface area contributed by atoms with E-state index in [9.17, 15) is 4.79 Å². The number of carbonyl (C=O) groups is 1. The number of carboxylic acid groups (broad SMARTS) is 1. The van der Waals surface area contributed by atoms with Crippen LogP contribution >= 0.6 is 0 Å². The minimum atomic E-state index is -0.875. The lowest BCUT2D eigenvalue weighted by atomic mass is 10.1. The smallest absolute Gasteiger partial charge is 0.323 e. The van der Waals surface area contributed by atoms with Crippen LogP contribution in [0.5, 0.6) is 0 Å². The van der Waals surface area contributed by atoms with Gasteiger partial charge < -0.3 is 10.0 Å². The molecule has 0 radical (unpaired) electrons. The molecule has 1 rings (SSSR count). The van der Waals surface area contributed by atoms with Crippen LogP contribution in [-0.2, 0) is 4.79 Å². The van der Waals surface area contributed by atoms with Gasteiger partial charge >= 0.3 is 5.97 Å². The Kier molecular flexibility index (Phi) is 3.47. The predicted molar refractivity (Wildman–Crippen MR) is 61.5 cm³/mol. The average Bonchev–Trinajstić information content (AvgIpc) is 2.13. The summed E-state index contributed by atoms with van der Waals surface area (Å²) in [5, 5.41) is 8.91. The van der Waals surface area contributed by atoms with Crippen molar-refractivity contribution in [3.63, 3.8) is 0 Å². The molecule has 0 saturated carbocycles. The summed E-state index contributed by atoms with van der Waals surface area (Å²) in [5.41, 5.74) is 0.429. The van der Waals surface area contributed by atoms with Gasteiger partial charge in [0.15, 0.2) is 5.82 Å². The Morgan fingerprint density at radius 3 is 2.38 bits per heavy atom. The Bertz CT molecular complexity index is 385. The van der Waals surface area contributed by atoms with E-state index in [1.165, 1.54) is 0 Å². The summed E-state index contributed by atoms with van der Waals surface area (Å²) < 4.78 is 0. The molecule has 16 heavy (non-hydrogen) atoms. The molecule has 0 saturated heterocycles. The van der Waals surface area contributed by atoms with Crippen molar-refractivity contribution in [1.29, 1.82) is 0 Å². The van der Waals surface area contributed by atoms with Gasteiger partial charge in [-0.1, -0.05) is 0 Å². The molecule has 88 valence electrons. The third kappa shape index (κ3) is 2.92. The molecule has 5 heteroatoms. The van der Waals surface area contributed by atoms with Crippen LogP contribution in [0.4, 0.5) is 5.82 Å². The standard InChI is InChI=1S/C11H17N3O2/c1-8-10(13-6-5-12-8)14(7-9(15)16)11(2,3)4/h5-6H,7H2,1-4H3,(H,15,16). The summed E-state index contributed by atoms with van der Waals surface area (Å²) in [6, 6.07) is 0. The van der Waals surface area contributed by atoms with Gasteiger partial charge in [-0.15, -0.1) is 0 Å². The SMILES string of the molecule is Cc1nccnc1N(CC(=O)O)C(C)(C)C. The largest absolute Gasteiger partial charge is 0.480 e. The minimum Gasteiger partial charge on any atom is -0.480 e. The Hall–Kier alpha value is -1.65. The normalized spacial score (nSPS) is 11.2. The van der Waals surface area contributed by atoms with Gasteiger partial charge in [-0.25, -0.2) is 4.98 Å². The number of aliphatic carboxylic acids is 1. The van der Waals surface area contributed by atoms with E-state index >= 15 is 0 Å². The monoisotopic (exact) mass is 223 g/mol. The fourth-order valence-corrected chi connectivity index (χ4v) is 1.43. The number of aryl methyl sites for hydroxylation is 1. The van der Waals surface area contributed by atoms with Crippen LogP contribution in [0.25, 0.3) is 0 Å². The molecule has 0 unspecified atom stereocenters. The Labute approximate surface area is 95.1 Å². The molecule has 0 amide bonds. The summed E-state index contributed by atoms with van der Waals surface area (Å²) in [6.07, 6.45) is 3.17. The van der Waals surface area contributed by atoms with E-state index in [4.69, 9.17) is 5.11 Å². The van der Waals surface area contributed by atoms with Gasteiger partial charge in [0, 0.05) is 17.9 Å². The highest BCUT2D eigenvalue weighted by atomic mass is 16.4. The quantitative estimate of drug-likeness (QED) is 0.840. The van der Waals surface area contributed by atoms with Gasteiger partial charge in [0.1, 0.15) is 6.54 Å². The predicted octanol–water partition coefficient (Wildman–Crippen LogP) is 1.47. The highest BCUT2D eigenvalue weighted by molar-refractivity contribution is 5.74. The van der Waals surface area contributed by atoms with Crippen molar-refractivity contribution >= 4 is 11.8 Å². The number of hydrogen-bond acceptors (Lipinski definition) is 4. The van der Waals surface area contributed by atoms with Crippen LogP contribution in [0, 0.1) is 6.92 Å². The summed E-state index contributed by atoms with van der Waals surface area (Å²) >= 11 is 0. The zero-order chi connectivity index (χ0) is 12.3. The number of anilines is 1. The fourth-order valence-electron chi connectivity index (χ4n) is 1.43. The lowest BCUT2D eigenvalue weighted by molar-refractivity contribution is -0.135. The van der Waals surface area contributed by atoms with Crippen molar-refractivity contribution in [1.82, 2.24) is 9.97 Å². The maximum absolute atomic E-state index is 10.9. The first kappa shape index (κ1) is 12.4. The van der Waals surface area contributed by atoms with Crippen LogP contribution in [0.1, 0.15) is 26.5 Å².